The molecular formula is C19H21NO3. The standard InChI is InChI=1S/C19H21NO3/c21-19(22)16-5-3-14(4-6-16)13-23-18-9-7-15(8-10-18)17-2-1-11-20-12-17/h3-10,17,20H,1-2,11-13H2,(H,21,22). The van der Waals surface area contributed by atoms with Gasteiger partial charge in [-0.05, 0) is 60.7 Å². The van der Waals surface area contributed by atoms with E-state index >= 15 is 0 Å². The Bertz CT molecular complexity index is 643. The van der Waals surface area contributed by atoms with Crippen molar-refractivity contribution < 1.29 is 14.6 Å². The molecular weight excluding hydrogens is 290 g/mol. The van der Waals surface area contributed by atoms with E-state index in [1.165, 1.54) is 18.4 Å². The highest BCUT2D eigenvalue weighted by Crippen LogP contribution is 2.25. The Kier molecular flexibility index (Phi) is 4.93. The van der Waals surface area contributed by atoms with Crippen molar-refractivity contribution in [1.29, 1.82) is 0 Å². The summed E-state index contributed by atoms with van der Waals surface area (Å²) in [5.74, 6) is 0.520. The molecule has 0 spiro atoms. The number of benzene rings is 2. The quantitative estimate of drug-likeness (QED) is 0.888. The van der Waals surface area contributed by atoms with Crippen molar-refractivity contribution >= 4 is 5.97 Å². The summed E-state index contributed by atoms with van der Waals surface area (Å²) >= 11 is 0. The van der Waals surface area contributed by atoms with E-state index in [0.717, 1.165) is 24.4 Å². The van der Waals surface area contributed by atoms with Crippen LogP contribution in [0.2, 0.25) is 0 Å². The molecule has 0 amide bonds. The third-order valence-electron chi connectivity index (χ3n) is 4.25. The van der Waals surface area contributed by atoms with Gasteiger partial charge in [0.05, 0.1) is 5.56 Å². The topological polar surface area (TPSA) is 58.6 Å². The highest BCUT2D eigenvalue weighted by Gasteiger charge is 2.14. The summed E-state index contributed by atoms with van der Waals surface area (Å²) in [7, 11) is 0. The second-order valence-corrected chi connectivity index (χ2v) is 5.90. The maximum atomic E-state index is 10.8. The average molecular weight is 311 g/mol. The molecule has 23 heavy (non-hydrogen) atoms. The third-order valence-corrected chi connectivity index (χ3v) is 4.25. The van der Waals surface area contributed by atoms with Crippen LogP contribution in [-0.2, 0) is 6.61 Å². The Balaban J connectivity index is 1.56. The maximum absolute atomic E-state index is 10.8. The van der Waals surface area contributed by atoms with Crippen LogP contribution in [0.3, 0.4) is 0 Å². The second-order valence-electron chi connectivity index (χ2n) is 5.90. The molecule has 1 aliphatic heterocycles. The summed E-state index contributed by atoms with van der Waals surface area (Å²) in [6.07, 6.45) is 2.47. The fourth-order valence-electron chi connectivity index (χ4n) is 2.88. The molecule has 1 fully saturated rings. The van der Waals surface area contributed by atoms with Gasteiger partial charge >= 0.3 is 5.97 Å². The Morgan fingerprint density at radius 1 is 1.13 bits per heavy atom. The molecule has 1 aliphatic rings. The average Bonchev–Trinajstić information content (AvgIpc) is 2.61. The number of rotatable bonds is 5. The first kappa shape index (κ1) is 15.6. The molecule has 0 bridgehead atoms. The fourth-order valence-corrected chi connectivity index (χ4v) is 2.88. The van der Waals surface area contributed by atoms with Crippen molar-refractivity contribution in [1.82, 2.24) is 5.32 Å². The lowest BCUT2D eigenvalue weighted by molar-refractivity contribution is 0.0697. The van der Waals surface area contributed by atoms with Crippen molar-refractivity contribution in [3.05, 3.63) is 65.2 Å². The lowest BCUT2D eigenvalue weighted by atomic mass is 9.92. The number of carboxylic acids is 1. The molecule has 1 unspecified atom stereocenters. The fraction of sp³-hybridized carbons (Fsp3) is 0.316. The Labute approximate surface area is 136 Å². The highest BCUT2D eigenvalue weighted by atomic mass is 16.5. The molecule has 1 atom stereocenters. The van der Waals surface area contributed by atoms with Gasteiger partial charge in [-0.15, -0.1) is 0 Å². The lowest BCUT2D eigenvalue weighted by Crippen LogP contribution is -2.28. The zero-order valence-electron chi connectivity index (χ0n) is 13.0. The Hall–Kier alpha value is -2.33. The molecule has 1 heterocycles. The SMILES string of the molecule is O=C(O)c1ccc(COc2ccc(C3CCCNC3)cc2)cc1. The van der Waals surface area contributed by atoms with E-state index in [9.17, 15) is 4.79 Å². The van der Waals surface area contributed by atoms with Crippen molar-refractivity contribution in [2.45, 2.75) is 25.4 Å². The van der Waals surface area contributed by atoms with Crippen LogP contribution in [0.1, 0.15) is 40.2 Å². The molecule has 0 aromatic heterocycles. The molecule has 0 radical (unpaired) electrons. The number of carboxylic acid groups (broad SMARTS) is 1. The van der Waals surface area contributed by atoms with Gasteiger partial charge in [0, 0.05) is 6.54 Å². The molecule has 2 aromatic carbocycles. The van der Waals surface area contributed by atoms with E-state index in [1.807, 2.05) is 12.1 Å². The maximum Gasteiger partial charge on any atom is 0.335 e. The van der Waals surface area contributed by atoms with Crippen molar-refractivity contribution in [3.63, 3.8) is 0 Å². The summed E-state index contributed by atoms with van der Waals surface area (Å²) in [6, 6.07) is 15.1. The predicted molar refractivity (Wildman–Crippen MR) is 89.0 cm³/mol. The molecule has 4 nitrogen and oxygen atoms in total. The third kappa shape index (κ3) is 4.11. The van der Waals surface area contributed by atoms with E-state index in [1.54, 1.807) is 24.3 Å². The molecule has 2 aromatic rings. The summed E-state index contributed by atoms with van der Waals surface area (Å²) in [6.45, 7) is 2.61. The normalized spacial score (nSPS) is 17.7. The van der Waals surface area contributed by atoms with Crippen LogP contribution < -0.4 is 10.1 Å². The summed E-state index contributed by atoms with van der Waals surface area (Å²) in [5, 5.41) is 12.3. The number of piperidine rings is 1. The monoisotopic (exact) mass is 311 g/mol. The van der Waals surface area contributed by atoms with Gasteiger partial charge in [-0.3, -0.25) is 0 Å². The van der Waals surface area contributed by atoms with Crippen LogP contribution >= 0.6 is 0 Å². The first-order valence-corrected chi connectivity index (χ1v) is 7.98. The predicted octanol–water partition coefficient (Wildman–Crippen LogP) is 3.43. The zero-order valence-corrected chi connectivity index (χ0v) is 13.0. The molecule has 0 aliphatic carbocycles. The minimum absolute atomic E-state index is 0.291. The van der Waals surface area contributed by atoms with Crippen LogP contribution in [-0.4, -0.2) is 24.2 Å². The van der Waals surface area contributed by atoms with Crippen molar-refractivity contribution in [2.24, 2.45) is 0 Å². The first-order valence-electron chi connectivity index (χ1n) is 7.98. The van der Waals surface area contributed by atoms with Crippen LogP contribution in [0.15, 0.2) is 48.5 Å². The van der Waals surface area contributed by atoms with Crippen LogP contribution in [0, 0.1) is 0 Å². The second kappa shape index (κ2) is 7.29. The van der Waals surface area contributed by atoms with Gasteiger partial charge < -0.3 is 15.2 Å². The number of ether oxygens (including phenoxy) is 1. The number of nitrogens with one attached hydrogen (secondary N) is 1. The molecule has 4 heteroatoms. The molecule has 120 valence electrons. The van der Waals surface area contributed by atoms with Crippen LogP contribution in [0.25, 0.3) is 0 Å². The first-order chi connectivity index (χ1) is 11.2. The van der Waals surface area contributed by atoms with Crippen molar-refractivity contribution in [3.8, 4) is 5.75 Å². The minimum Gasteiger partial charge on any atom is -0.489 e. The Morgan fingerprint density at radius 2 is 1.87 bits per heavy atom. The van der Waals surface area contributed by atoms with Gasteiger partial charge in [-0.25, -0.2) is 4.79 Å². The molecule has 3 rings (SSSR count). The van der Waals surface area contributed by atoms with E-state index in [4.69, 9.17) is 9.84 Å². The number of hydrogen-bond donors (Lipinski definition) is 2. The highest BCUT2D eigenvalue weighted by molar-refractivity contribution is 5.87. The number of aromatic carboxylic acids is 1. The largest absolute Gasteiger partial charge is 0.489 e. The van der Waals surface area contributed by atoms with Gasteiger partial charge in [-0.1, -0.05) is 24.3 Å². The van der Waals surface area contributed by atoms with Crippen molar-refractivity contribution in [2.75, 3.05) is 13.1 Å². The van der Waals surface area contributed by atoms with E-state index in [-0.39, 0.29) is 0 Å². The Morgan fingerprint density at radius 3 is 2.48 bits per heavy atom. The summed E-state index contributed by atoms with van der Waals surface area (Å²) in [4.78, 5) is 10.8. The minimum atomic E-state index is -0.912. The molecule has 1 saturated heterocycles. The zero-order chi connectivity index (χ0) is 16.1. The van der Waals surface area contributed by atoms with Crippen LogP contribution in [0.4, 0.5) is 0 Å². The molecule has 0 saturated carbocycles. The van der Waals surface area contributed by atoms with Gasteiger partial charge in [0.25, 0.3) is 0 Å². The van der Waals surface area contributed by atoms with Gasteiger partial charge in [0.1, 0.15) is 12.4 Å². The molecule has 2 N–H and O–H groups in total. The summed E-state index contributed by atoms with van der Waals surface area (Å²) in [5.41, 5.74) is 2.60. The van der Waals surface area contributed by atoms with Gasteiger partial charge in [0.15, 0.2) is 0 Å². The lowest BCUT2D eigenvalue weighted by Gasteiger charge is -2.23. The number of hydrogen-bond acceptors (Lipinski definition) is 3. The van der Waals surface area contributed by atoms with Gasteiger partial charge in [0.2, 0.25) is 0 Å². The van der Waals surface area contributed by atoms with E-state index in [0.29, 0.717) is 18.1 Å². The van der Waals surface area contributed by atoms with Crippen LogP contribution in [0.5, 0.6) is 5.75 Å². The van der Waals surface area contributed by atoms with Gasteiger partial charge in [-0.2, -0.15) is 0 Å². The number of carbonyl (C=O) groups is 1. The smallest absolute Gasteiger partial charge is 0.335 e. The van der Waals surface area contributed by atoms with E-state index in [2.05, 4.69) is 17.4 Å². The summed E-state index contributed by atoms with van der Waals surface area (Å²) < 4.78 is 5.77. The van der Waals surface area contributed by atoms with E-state index < -0.39 is 5.97 Å².